The number of anilines is 1. The van der Waals surface area contributed by atoms with E-state index in [0.717, 1.165) is 13.1 Å². The molecule has 0 aliphatic carbocycles. The van der Waals surface area contributed by atoms with E-state index < -0.39 is 20.0 Å². The Morgan fingerprint density at radius 2 is 2.12 bits per heavy atom. The molecular formula is C13H23N6O4P. The Hall–Kier alpha value is -1.58. The highest BCUT2D eigenvalue weighted by Crippen LogP contribution is 2.34. The topological polar surface area (TPSA) is 126 Å². The first-order chi connectivity index (χ1) is 11.3. The molecule has 3 N–H and O–H groups in total. The third kappa shape index (κ3) is 5.50. The second-order valence-corrected chi connectivity index (χ2v) is 7.38. The van der Waals surface area contributed by atoms with Crippen LogP contribution in [-0.2, 0) is 15.8 Å². The normalized spacial score (nSPS) is 13.6. The Balaban J connectivity index is 2.06. The van der Waals surface area contributed by atoms with E-state index in [1.807, 2.05) is 14.1 Å². The number of nitrogens with one attached hydrogen (secondary N) is 1. The molecule has 0 saturated carbocycles. The predicted molar refractivity (Wildman–Crippen MR) is 89.8 cm³/mol. The van der Waals surface area contributed by atoms with Crippen molar-refractivity contribution in [2.24, 2.45) is 0 Å². The van der Waals surface area contributed by atoms with Crippen LogP contribution in [0.4, 0.5) is 5.82 Å². The molecule has 2 rings (SSSR count). The van der Waals surface area contributed by atoms with Gasteiger partial charge in [0, 0.05) is 13.1 Å². The molecule has 134 valence electrons. The van der Waals surface area contributed by atoms with Gasteiger partial charge in [0.25, 0.3) is 0 Å². The summed E-state index contributed by atoms with van der Waals surface area (Å²) in [6.07, 6.45) is 2.08. The molecule has 2 aromatic heterocycles. The summed E-state index contributed by atoms with van der Waals surface area (Å²) in [5.74, 6) is 0.657. The minimum atomic E-state index is -4.17. The average molecular weight is 358 g/mol. The standard InChI is InChI=1S/C13H23N6O4P/c1-10(23-9-24(20,21)22)6-19-8-17-11-12(14-4-5-18(2)3)15-7-16-13(11)19/h7-8,10H,4-6,9H2,1-3H3,(H,14,15,16)(H2,20,21,22)/t10-/m0/s1. The van der Waals surface area contributed by atoms with E-state index in [4.69, 9.17) is 14.5 Å². The van der Waals surface area contributed by atoms with Crippen molar-refractivity contribution in [2.45, 2.75) is 19.6 Å². The van der Waals surface area contributed by atoms with Crippen molar-refractivity contribution >= 4 is 24.6 Å². The summed E-state index contributed by atoms with van der Waals surface area (Å²) in [6, 6.07) is 0. The fourth-order valence-corrected chi connectivity index (χ4v) is 2.54. The highest BCUT2D eigenvalue weighted by atomic mass is 31.2. The highest BCUT2D eigenvalue weighted by molar-refractivity contribution is 7.51. The third-order valence-corrected chi connectivity index (χ3v) is 3.72. The van der Waals surface area contributed by atoms with Gasteiger partial charge in [-0.2, -0.15) is 0 Å². The molecule has 2 heterocycles. The molecule has 1 atom stereocenters. The van der Waals surface area contributed by atoms with Crippen molar-refractivity contribution in [3.05, 3.63) is 12.7 Å². The molecule has 2 aromatic rings. The second kappa shape index (κ2) is 8.00. The zero-order valence-corrected chi connectivity index (χ0v) is 14.8. The third-order valence-electron chi connectivity index (χ3n) is 3.23. The molecule has 0 unspecified atom stereocenters. The van der Waals surface area contributed by atoms with Gasteiger partial charge in [-0.15, -0.1) is 0 Å². The molecule has 10 nitrogen and oxygen atoms in total. The Kier molecular flexibility index (Phi) is 6.25. The van der Waals surface area contributed by atoms with Crippen LogP contribution in [0.3, 0.4) is 0 Å². The molecule has 24 heavy (non-hydrogen) atoms. The van der Waals surface area contributed by atoms with Crippen molar-refractivity contribution in [1.29, 1.82) is 0 Å². The van der Waals surface area contributed by atoms with Crippen LogP contribution in [0.2, 0.25) is 0 Å². The number of fused-ring (bicyclic) bond motifs is 1. The van der Waals surface area contributed by atoms with E-state index in [1.54, 1.807) is 17.8 Å². The summed E-state index contributed by atoms with van der Waals surface area (Å²) in [5.41, 5.74) is 1.29. The number of hydrogen-bond donors (Lipinski definition) is 3. The summed E-state index contributed by atoms with van der Waals surface area (Å²) in [4.78, 5) is 32.6. The lowest BCUT2D eigenvalue weighted by Gasteiger charge is -2.14. The predicted octanol–water partition coefficient (Wildman–Crippen LogP) is 0.340. The van der Waals surface area contributed by atoms with E-state index in [-0.39, 0.29) is 0 Å². The minimum Gasteiger partial charge on any atom is -0.367 e. The van der Waals surface area contributed by atoms with Crippen molar-refractivity contribution in [3.8, 4) is 0 Å². The summed E-state index contributed by atoms with van der Waals surface area (Å²) in [6.45, 7) is 3.71. The van der Waals surface area contributed by atoms with Crippen LogP contribution in [0.5, 0.6) is 0 Å². The van der Waals surface area contributed by atoms with Crippen LogP contribution in [0.15, 0.2) is 12.7 Å². The molecule has 0 spiro atoms. The van der Waals surface area contributed by atoms with Crippen molar-refractivity contribution in [2.75, 3.05) is 38.8 Å². The number of aromatic nitrogens is 4. The zero-order chi connectivity index (χ0) is 17.7. The van der Waals surface area contributed by atoms with Crippen LogP contribution in [0, 0.1) is 0 Å². The van der Waals surface area contributed by atoms with Gasteiger partial charge in [-0.3, -0.25) is 4.57 Å². The van der Waals surface area contributed by atoms with Crippen LogP contribution >= 0.6 is 7.60 Å². The van der Waals surface area contributed by atoms with Crippen molar-refractivity contribution in [3.63, 3.8) is 0 Å². The summed E-state index contributed by atoms with van der Waals surface area (Å²) < 4.78 is 17.8. The fourth-order valence-electron chi connectivity index (χ4n) is 2.10. The van der Waals surface area contributed by atoms with Crippen molar-refractivity contribution < 1.29 is 19.1 Å². The number of ether oxygens (including phenoxy) is 1. The molecule has 0 bridgehead atoms. The quantitative estimate of drug-likeness (QED) is 0.544. The summed E-state index contributed by atoms with van der Waals surface area (Å²) in [5, 5.41) is 3.23. The lowest BCUT2D eigenvalue weighted by atomic mass is 10.4. The van der Waals surface area contributed by atoms with Crippen molar-refractivity contribution in [1.82, 2.24) is 24.4 Å². The molecular weight excluding hydrogens is 335 g/mol. The Labute approximate surface area is 140 Å². The van der Waals surface area contributed by atoms with Gasteiger partial charge in [0.1, 0.15) is 18.2 Å². The fraction of sp³-hybridized carbons (Fsp3) is 0.615. The van der Waals surface area contributed by atoms with Gasteiger partial charge >= 0.3 is 7.60 Å². The van der Waals surface area contributed by atoms with Gasteiger partial charge in [0.05, 0.1) is 19.0 Å². The smallest absolute Gasteiger partial charge is 0.350 e. The Bertz CT molecular complexity index is 716. The SMILES string of the molecule is C[C@@H](Cn1cnc2c(NCCN(C)C)ncnc21)OCP(=O)(O)O. The number of rotatable bonds is 9. The molecule has 0 aliphatic rings. The summed E-state index contributed by atoms with van der Waals surface area (Å²) >= 11 is 0. The second-order valence-electron chi connectivity index (χ2n) is 5.79. The van der Waals surface area contributed by atoms with E-state index in [1.165, 1.54) is 6.33 Å². The highest BCUT2D eigenvalue weighted by Gasteiger charge is 2.17. The van der Waals surface area contributed by atoms with Gasteiger partial charge in [-0.25, -0.2) is 15.0 Å². The van der Waals surface area contributed by atoms with Crippen LogP contribution < -0.4 is 5.32 Å². The number of likely N-dealkylation sites (N-methyl/N-ethyl adjacent to an activating group) is 1. The molecule has 11 heteroatoms. The van der Waals surface area contributed by atoms with Gasteiger partial charge in [-0.1, -0.05) is 0 Å². The zero-order valence-electron chi connectivity index (χ0n) is 14.0. The monoisotopic (exact) mass is 358 g/mol. The van der Waals surface area contributed by atoms with E-state index in [9.17, 15) is 4.57 Å². The lowest BCUT2D eigenvalue weighted by Crippen LogP contribution is -2.21. The largest absolute Gasteiger partial charge is 0.367 e. The Morgan fingerprint density at radius 3 is 2.79 bits per heavy atom. The van der Waals surface area contributed by atoms with Crippen LogP contribution in [0.1, 0.15) is 6.92 Å². The molecule has 0 aliphatic heterocycles. The molecule has 0 fully saturated rings. The molecule has 0 aromatic carbocycles. The van der Waals surface area contributed by atoms with E-state index >= 15 is 0 Å². The average Bonchev–Trinajstić information content (AvgIpc) is 2.88. The number of imidazole rings is 1. The summed E-state index contributed by atoms with van der Waals surface area (Å²) in [7, 11) is -0.191. The van der Waals surface area contributed by atoms with Gasteiger partial charge in [0.15, 0.2) is 11.5 Å². The number of hydrogen-bond acceptors (Lipinski definition) is 7. The first-order valence-electron chi connectivity index (χ1n) is 7.47. The number of nitrogens with zero attached hydrogens (tertiary/aromatic N) is 5. The minimum absolute atomic E-state index is 0.380. The molecule has 0 saturated heterocycles. The lowest BCUT2D eigenvalue weighted by molar-refractivity contribution is 0.0764. The van der Waals surface area contributed by atoms with E-state index in [0.29, 0.717) is 23.5 Å². The van der Waals surface area contributed by atoms with Gasteiger partial charge < -0.3 is 29.3 Å². The Morgan fingerprint density at radius 1 is 1.38 bits per heavy atom. The van der Waals surface area contributed by atoms with Crippen LogP contribution in [-0.4, -0.2) is 73.8 Å². The molecule has 0 radical (unpaired) electrons. The van der Waals surface area contributed by atoms with Gasteiger partial charge in [-0.05, 0) is 21.0 Å². The molecule has 0 amide bonds. The maximum Gasteiger partial charge on any atom is 0.350 e. The van der Waals surface area contributed by atoms with Gasteiger partial charge in [0.2, 0.25) is 0 Å². The first kappa shape index (κ1) is 18.8. The maximum atomic E-state index is 10.9. The van der Waals surface area contributed by atoms with E-state index in [2.05, 4.69) is 25.2 Å². The first-order valence-corrected chi connectivity index (χ1v) is 9.26. The van der Waals surface area contributed by atoms with Crippen LogP contribution in [0.25, 0.3) is 11.2 Å². The maximum absolute atomic E-state index is 10.9.